The van der Waals surface area contributed by atoms with Gasteiger partial charge >= 0.3 is 5.97 Å². The molecule has 1 aromatic carbocycles. The molecule has 0 aliphatic rings. The smallest absolute Gasteiger partial charge is 0.328 e. The molecule has 3 nitrogen and oxygen atoms in total. The first kappa shape index (κ1) is 14.3. The molecule has 1 aromatic heterocycles. The van der Waals surface area contributed by atoms with E-state index in [9.17, 15) is 4.79 Å². The van der Waals surface area contributed by atoms with Crippen molar-refractivity contribution in [3.63, 3.8) is 0 Å². The number of aliphatic carboxylic acids is 1. The van der Waals surface area contributed by atoms with Gasteiger partial charge in [0.25, 0.3) is 0 Å². The quantitative estimate of drug-likeness (QED) is 0.818. The maximum atomic E-state index is 10.6. The summed E-state index contributed by atoms with van der Waals surface area (Å²) < 4.78 is 5.85. The van der Waals surface area contributed by atoms with E-state index in [1.807, 2.05) is 29.6 Å². The number of benzene rings is 1. The van der Waals surface area contributed by atoms with Gasteiger partial charge in [0.15, 0.2) is 0 Å². The molecular formula is C16H16O3S. The maximum Gasteiger partial charge on any atom is 0.328 e. The summed E-state index contributed by atoms with van der Waals surface area (Å²) in [7, 11) is 0. The number of aryl methyl sites for hydroxylation is 1. The van der Waals surface area contributed by atoms with Gasteiger partial charge < -0.3 is 9.84 Å². The Hall–Kier alpha value is -2.07. The van der Waals surface area contributed by atoms with Crippen molar-refractivity contribution < 1.29 is 14.6 Å². The van der Waals surface area contributed by atoms with E-state index < -0.39 is 5.97 Å². The van der Waals surface area contributed by atoms with Gasteiger partial charge in [-0.1, -0.05) is 25.1 Å². The first-order chi connectivity index (χ1) is 9.70. The molecule has 0 fully saturated rings. The lowest BCUT2D eigenvalue weighted by Gasteiger charge is -2.09. The van der Waals surface area contributed by atoms with E-state index in [0.717, 1.165) is 28.7 Å². The number of ether oxygens (including phenoxy) is 1. The van der Waals surface area contributed by atoms with Crippen molar-refractivity contribution in [2.45, 2.75) is 20.0 Å². The van der Waals surface area contributed by atoms with Crippen LogP contribution in [0.5, 0.6) is 5.75 Å². The van der Waals surface area contributed by atoms with E-state index in [-0.39, 0.29) is 0 Å². The van der Waals surface area contributed by atoms with Crippen molar-refractivity contribution in [3.05, 3.63) is 57.8 Å². The van der Waals surface area contributed by atoms with E-state index >= 15 is 0 Å². The van der Waals surface area contributed by atoms with Crippen LogP contribution in [0.1, 0.15) is 22.9 Å². The van der Waals surface area contributed by atoms with Crippen LogP contribution in [-0.2, 0) is 17.8 Å². The second kappa shape index (κ2) is 6.91. The van der Waals surface area contributed by atoms with Crippen LogP contribution in [-0.4, -0.2) is 11.1 Å². The molecule has 4 heteroatoms. The van der Waals surface area contributed by atoms with Crippen LogP contribution in [0.15, 0.2) is 41.8 Å². The number of carboxylic acids is 1. The van der Waals surface area contributed by atoms with Crippen molar-refractivity contribution in [3.8, 4) is 5.75 Å². The summed E-state index contributed by atoms with van der Waals surface area (Å²) in [4.78, 5) is 11.6. The minimum atomic E-state index is -0.945. The van der Waals surface area contributed by atoms with E-state index in [0.29, 0.717) is 6.61 Å². The monoisotopic (exact) mass is 288 g/mol. The molecule has 20 heavy (non-hydrogen) atoms. The Bertz CT molecular complexity index is 614. The number of thiophene rings is 1. The number of carbonyl (C=O) groups is 1. The number of rotatable bonds is 6. The summed E-state index contributed by atoms with van der Waals surface area (Å²) >= 11 is 1.56. The lowest BCUT2D eigenvalue weighted by Crippen LogP contribution is -1.97. The standard InChI is InChI=1S/C16H16O3S/c1-2-12-5-3-4-6-14(12)19-11-15-13(9-10-20-15)7-8-16(17)18/h3-10H,2,11H2,1H3,(H,17,18). The van der Waals surface area contributed by atoms with E-state index in [1.54, 1.807) is 17.4 Å². The van der Waals surface area contributed by atoms with Gasteiger partial charge in [0, 0.05) is 11.0 Å². The molecule has 2 aromatic rings. The molecule has 0 saturated heterocycles. The molecule has 0 aliphatic heterocycles. The summed E-state index contributed by atoms with van der Waals surface area (Å²) in [6.45, 7) is 2.54. The highest BCUT2D eigenvalue weighted by Crippen LogP contribution is 2.23. The topological polar surface area (TPSA) is 46.5 Å². The van der Waals surface area contributed by atoms with Gasteiger partial charge in [-0.05, 0) is 41.1 Å². The number of para-hydroxylation sites is 1. The third-order valence-electron chi connectivity index (χ3n) is 2.90. The highest BCUT2D eigenvalue weighted by Gasteiger charge is 2.05. The molecule has 0 spiro atoms. The SMILES string of the molecule is CCc1ccccc1OCc1sccc1C=CC(=O)O. The fourth-order valence-corrected chi connectivity index (χ4v) is 2.64. The first-order valence-corrected chi connectivity index (χ1v) is 7.26. The van der Waals surface area contributed by atoms with Crippen LogP contribution >= 0.6 is 11.3 Å². The Morgan fingerprint density at radius 3 is 2.90 bits per heavy atom. The highest BCUT2D eigenvalue weighted by molar-refractivity contribution is 7.10. The van der Waals surface area contributed by atoms with E-state index in [4.69, 9.17) is 9.84 Å². The second-order valence-corrected chi connectivity index (χ2v) is 5.22. The Kier molecular flexibility index (Phi) is 4.96. The molecule has 0 amide bonds. The van der Waals surface area contributed by atoms with Crippen molar-refractivity contribution in [2.75, 3.05) is 0 Å². The molecular weight excluding hydrogens is 272 g/mol. The Balaban J connectivity index is 2.08. The fourth-order valence-electron chi connectivity index (χ4n) is 1.86. The lowest BCUT2D eigenvalue weighted by atomic mass is 10.1. The number of carboxylic acid groups (broad SMARTS) is 1. The molecule has 104 valence electrons. The van der Waals surface area contributed by atoms with Gasteiger partial charge in [-0.25, -0.2) is 4.79 Å². The largest absolute Gasteiger partial charge is 0.488 e. The highest BCUT2D eigenvalue weighted by atomic mass is 32.1. The van der Waals surface area contributed by atoms with Crippen LogP contribution in [0.25, 0.3) is 6.08 Å². The molecule has 0 aliphatic carbocycles. The average Bonchev–Trinajstić information content (AvgIpc) is 2.90. The van der Waals surface area contributed by atoms with Crippen LogP contribution in [0.2, 0.25) is 0 Å². The zero-order chi connectivity index (χ0) is 14.4. The molecule has 1 N–H and O–H groups in total. The van der Waals surface area contributed by atoms with Crippen molar-refractivity contribution >= 4 is 23.4 Å². The van der Waals surface area contributed by atoms with Gasteiger partial charge in [0.05, 0.1) is 0 Å². The summed E-state index contributed by atoms with van der Waals surface area (Å²) in [5, 5.41) is 10.6. The predicted octanol–water partition coefficient (Wildman–Crippen LogP) is 3.99. The molecule has 1 heterocycles. The number of hydrogen-bond acceptors (Lipinski definition) is 3. The summed E-state index contributed by atoms with van der Waals surface area (Å²) in [6, 6.07) is 9.86. The van der Waals surface area contributed by atoms with Gasteiger partial charge in [0.2, 0.25) is 0 Å². The molecule has 0 saturated carbocycles. The molecule has 0 unspecified atom stereocenters. The van der Waals surface area contributed by atoms with Crippen LogP contribution in [0, 0.1) is 0 Å². The summed E-state index contributed by atoms with van der Waals surface area (Å²) in [5.41, 5.74) is 2.07. The third-order valence-corrected chi connectivity index (χ3v) is 3.81. The van der Waals surface area contributed by atoms with E-state index in [2.05, 4.69) is 13.0 Å². The Morgan fingerprint density at radius 1 is 1.35 bits per heavy atom. The van der Waals surface area contributed by atoms with E-state index in [1.165, 1.54) is 5.56 Å². The van der Waals surface area contributed by atoms with Crippen molar-refractivity contribution in [2.24, 2.45) is 0 Å². The van der Waals surface area contributed by atoms with Gasteiger partial charge in [-0.15, -0.1) is 11.3 Å². The summed E-state index contributed by atoms with van der Waals surface area (Å²) in [5.74, 6) is -0.0593. The molecule has 0 radical (unpaired) electrons. The molecule has 0 bridgehead atoms. The zero-order valence-electron chi connectivity index (χ0n) is 11.2. The predicted molar refractivity (Wildman–Crippen MR) is 81.1 cm³/mol. The summed E-state index contributed by atoms with van der Waals surface area (Å²) in [6.07, 6.45) is 3.67. The van der Waals surface area contributed by atoms with Crippen LogP contribution in [0.4, 0.5) is 0 Å². The van der Waals surface area contributed by atoms with Gasteiger partial charge in [0.1, 0.15) is 12.4 Å². The van der Waals surface area contributed by atoms with Crippen molar-refractivity contribution in [1.29, 1.82) is 0 Å². The Labute approximate surface area is 122 Å². The second-order valence-electron chi connectivity index (χ2n) is 4.22. The fraction of sp³-hybridized carbons (Fsp3) is 0.188. The third kappa shape index (κ3) is 3.71. The molecule has 0 atom stereocenters. The van der Waals surface area contributed by atoms with Gasteiger partial charge in [-0.2, -0.15) is 0 Å². The lowest BCUT2D eigenvalue weighted by molar-refractivity contribution is -0.131. The average molecular weight is 288 g/mol. The van der Waals surface area contributed by atoms with Crippen LogP contribution < -0.4 is 4.74 Å². The van der Waals surface area contributed by atoms with Crippen molar-refractivity contribution in [1.82, 2.24) is 0 Å². The maximum absolute atomic E-state index is 10.6. The normalized spacial score (nSPS) is 10.8. The van der Waals surface area contributed by atoms with Crippen LogP contribution in [0.3, 0.4) is 0 Å². The van der Waals surface area contributed by atoms with Gasteiger partial charge in [-0.3, -0.25) is 0 Å². The Morgan fingerprint density at radius 2 is 2.15 bits per heavy atom. The minimum Gasteiger partial charge on any atom is -0.488 e. The molecule has 2 rings (SSSR count). The minimum absolute atomic E-state index is 0.452. The zero-order valence-corrected chi connectivity index (χ0v) is 12.0. The first-order valence-electron chi connectivity index (χ1n) is 6.38. The number of hydrogen-bond donors (Lipinski definition) is 1.